The zero-order valence-corrected chi connectivity index (χ0v) is 15.2. The number of rotatable bonds is 5. The number of halogens is 2. The van der Waals surface area contributed by atoms with Crippen LogP contribution in [0, 0.1) is 0 Å². The van der Waals surface area contributed by atoms with Crippen molar-refractivity contribution < 1.29 is 18.0 Å². The van der Waals surface area contributed by atoms with Crippen LogP contribution in [0.1, 0.15) is 12.5 Å². The second kappa shape index (κ2) is 7.51. The Balaban J connectivity index is 1.48. The molecule has 1 aliphatic rings. The van der Waals surface area contributed by atoms with E-state index in [1.807, 2.05) is 4.90 Å². The lowest BCUT2D eigenvalue weighted by molar-refractivity contribution is 0.0175. The third kappa shape index (κ3) is 4.09. The van der Waals surface area contributed by atoms with E-state index in [1.165, 1.54) is 12.1 Å². The summed E-state index contributed by atoms with van der Waals surface area (Å²) in [6.07, 6.45) is 1.67. The molecule has 1 aliphatic heterocycles. The van der Waals surface area contributed by atoms with E-state index in [-0.39, 0.29) is 5.56 Å². The van der Waals surface area contributed by atoms with Crippen molar-refractivity contribution in [3.05, 3.63) is 48.2 Å². The standard InChI is InChI=1S/C19H19F2N5O2/c1-19(20,21)14-4-2-13(3-5-14)15-12-17(28-25-15)23-16-6-7-22-18(24-16)26-8-10-27-11-9-26/h2-7,12H,8-11H2,1H3,(H,22,23,24). The third-order valence-electron chi connectivity index (χ3n) is 4.39. The summed E-state index contributed by atoms with van der Waals surface area (Å²) in [7, 11) is 0. The van der Waals surface area contributed by atoms with Gasteiger partial charge in [0.1, 0.15) is 11.5 Å². The molecule has 0 bridgehead atoms. The summed E-state index contributed by atoms with van der Waals surface area (Å²) >= 11 is 0. The van der Waals surface area contributed by atoms with Gasteiger partial charge in [0.25, 0.3) is 5.92 Å². The van der Waals surface area contributed by atoms with Crippen molar-refractivity contribution in [1.29, 1.82) is 0 Å². The lowest BCUT2D eigenvalue weighted by atomic mass is 10.1. The molecule has 1 saturated heterocycles. The molecule has 0 amide bonds. The minimum Gasteiger partial charge on any atom is -0.378 e. The van der Waals surface area contributed by atoms with E-state index < -0.39 is 5.92 Å². The van der Waals surface area contributed by atoms with E-state index in [1.54, 1.807) is 30.5 Å². The molecule has 1 N–H and O–H groups in total. The molecular formula is C19H19F2N5O2. The van der Waals surface area contributed by atoms with Gasteiger partial charge in [0.05, 0.1) is 13.2 Å². The molecule has 0 aliphatic carbocycles. The number of morpholine rings is 1. The molecule has 4 rings (SSSR count). The first kappa shape index (κ1) is 18.3. The number of nitrogens with zero attached hydrogens (tertiary/aromatic N) is 4. The van der Waals surface area contributed by atoms with Crippen LogP contribution >= 0.6 is 0 Å². The maximum absolute atomic E-state index is 13.3. The van der Waals surface area contributed by atoms with E-state index in [4.69, 9.17) is 9.26 Å². The van der Waals surface area contributed by atoms with Gasteiger partial charge in [0.15, 0.2) is 0 Å². The van der Waals surface area contributed by atoms with Gasteiger partial charge in [0, 0.05) is 43.4 Å². The average molecular weight is 387 g/mol. The van der Waals surface area contributed by atoms with E-state index in [0.717, 1.165) is 20.0 Å². The van der Waals surface area contributed by atoms with Crippen molar-refractivity contribution in [2.75, 3.05) is 36.5 Å². The zero-order valence-electron chi connectivity index (χ0n) is 15.2. The molecule has 9 heteroatoms. The third-order valence-corrected chi connectivity index (χ3v) is 4.39. The van der Waals surface area contributed by atoms with Crippen molar-refractivity contribution in [3.63, 3.8) is 0 Å². The first-order valence-electron chi connectivity index (χ1n) is 8.87. The van der Waals surface area contributed by atoms with Crippen LogP contribution in [-0.4, -0.2) is 41.4 Å². The number of ether oxygens (including phenoxy) is 1. The summed E-state index contributed by atoms with van der Waals surface area (Å²) in [4.78, 5) is 10.8. The minimum atomic E-state index is -2.87. The van der Waals surface area contributed by atoms with Gasteiger partial charge in [0.2, 0.25) is 11.8 Å². The lowest BCUT2D eigenvalue weighted by Gasteiger charge is -2.26. The summed E-state index contributed by atoms with van der Waals surface area (Å²) in [6, 6.07) is 9.37. The topological polar surface area (TPSA) is 76.3 Å². The first-order chi connectivity index (χ1) is 13.5. The summed E-state index contributed by atoms with van der Waals surface area (Å²) in [5.74, 6) is -1.30. The van der Waals surface area contributed by atoms with Gasteiger partial charge in [-0.1, -0.05) is 29.4 Å². The predicted octanol–water partition coefficient (Wildman–Crippen LogP) is 3.82. The molecule has 0 saturated carbocycles. The highest BCUT2D eigenvalue weighted by molar-refractivity contribution is 5.64. The van der Waals surface area contributed by atoms with Gasteiger partial charge in [-0.3, -0.25) is 0 Å². The van der Waals surface area contributed by atoms with Crippen LogP contribution in [0.4, 0.5) is 26.4 Å². The van der Waals surface area contributed by atoms with Gasteiger partial charge in [-0.2, -0.15) is 4.98 Å². The Labute approximate surface area is 160 Å². The lowest BCUT2D eigenvalue weighted by Crippen LogP contribution is -2.37. The fourth-order valence-corrected chi connectivity index (χ4v) is 2.86. The Morgan fingerprint density at radius 2 is 1.86 bits per heavy atom. The van der Waals surface area contributed by atoms with E-state index in [2.05, 4.69) is 20.4 Å². The number of alkyl halides is 2. The smallest absolute Gasteiger partial charge is 0.270 e. The number of hydrogen-bond acceptors (Lipinski definition) is 7. The Hall–Kier alpha value is -3.07. The fraction of sp³-hybridized carbons (Fsp3) is 0.316. The number of aromatic nitrogens is 3. The van der Waals surface area contributed by atoms with Crippen LogP contribution in [0.5, 0.6) is 0 Å². The van der Waals surface area contributed by atoms with Gasteiger partial charge < -0.3 is 19.5 Å². The molecule has 2 aromatic heterocycles. The van der Waals surface area contributed by atoms with Crippen LogP contribution in [0.15, 0.2) is 47.1 Å². The Bertz CT molecular complexity index is 934. The van der Waals surface area contributed by atoms with E-state index in [9.17, 15) is 8.78 Å². The fourth-order valence-electron chi connectivity index (χ4n) is 2.86. The van der Waals surface area contributed by atoms with Crippen LogP contribution in [-0.2, 0) is 10.7 Å². The normalized spacial score (nSPS) is 14.9. The van der Waals surface area contributed by atoms with Crippen LogP contribution in [0.3, 0.4) is 0 Å². The monoisotopic (exact) mass is 387 g/mol. The van der Waals surface area contributed by atoms with Gasteiger partial charge in [-0.15, -0.1) is 0 Å². The molecule has 1 aromatic carbocycles. The summed E-state index contributed by atoms with van der Waals surface area (Å²) in [6.45, 7) is 3.64. The number of nitrogens with one attached hydrogen (secondary N) is 1. The minimum absolute atomic E-state index is 0.0466. The highest BCUT2D eigenvalue weighted by atomic mass is 19.3. The average Bonchev–Trinajstić information content (AvgIpc) is 3.17. The predicted molar refractivity (Wildman–Crippen MR) is 99.9 cm³/mol. The molecule has 0 spiro atoms. The van der Waals surface area contributed by atoms with Crippen molar-refractivity contribution in [2.45, 2.75) is 12.8 Å². The largest absolute Gasteiger partial charge is 0.378 e. The molecule has 3 heterocycles. The Morgan fingerprint density at radius 1 is 1.11 bits per heavy atom. The number of hydrogen-bond donors (Lipinski definition) is 1. The number of anilines is 3. The molecule has 146 valence electrons. The Morgan fingerprint density at radius 3 is 2.57 bits per heavy atom. The van der Waals surface area contributed by atoms with Crippen LogP contribution in [0.25, 0.3) is 11.3 Å². The highest BCUT2D eigenvalue weighted by Gasteiger charge is 2.24. The maximum Gasteiger partial charge on any atom is 0.270 e. The van der Waals surface area contributed by atoms with E-state index in [0.29, 0.717) is 42.1 Å². The van der Waals surface area contributed by atoms with Crippen molar-refractivity contribution in [3.8, 4) is 11.3 Å². The molecule has 0 atom stereocenters. The van der Waals surface area contributed by atoms with Crippen molar-refractivity contribution >= 4 is 17.7 Å². The highest BCUT2D eigenvalue weighted by Crippen LogP contribution is 2.30. The Kier molecular flexibility index (Phi) is 4.91. The molecule has 28 heavy (non-hydrogen) atoms. The molecule has 0 radical (unpaired) electrons. The second-order valence-electron chi connectivity index (χ2n) is 6.51. The van der Waals surface area contributed by atoms with E-state index >= 15 is 0 Å². The molecule has 0 unspecified atom stereocenters. The summed E-state index contributed by atoms with van der Waals surface area (Å²) in [5, 5.41) is 7.04. The summed E-state index contributed by atoms with van der Waals surface area (Å²) in [5.41, 5.74) is 1.17. The number of benzene rings is 1. The quantitative estimate of drug-likeness (QED) is 0.713. The second-order valence-corrected chi connectivity index (χ2v) is 6.51. The van der Waals surface area contributed by atoms with Crippen LogP contribution in [0.2, 0.25) is 0 Å². The molecule has 7 nitrogen and oxygen atoms in total. The van der Waals surface area contributed by atoms with Crippen LogP contribution < -0.4 is 10.2 Å². The van der Waals surface area contributed by atoms with Crippen molar-refractivity contribution in [1.82, 2.24) is 15.1 Å². The summed E-state index contributed by atoms with van der Waals surface area (Å²) < 4.78 is 37.3. The molecular weight excluding hydrogens is 368 g/mol. The van der Waals surface area contributed by atoms with Gasteiger partial charge in [-0.25, -0.2) is 13.8 Å². The first-order valence-corrected chi connectivity index (χ1v) is 8.87. The molecule has 3 aromatic rings. The van der Waals surface area contributed by atoms with Crippen molar-refractivity contribution in [2.24, 2.45) is 0 Å². The van der Waals surface area contributed by atoms with Gasteiger partial charge >= 0.3 is 0 Å². The SMILES string of the molecule is CC(F)(F)c1ccc(-c2cc(Nc3ccnc(N4CCOCC4)n3)on2)cc1. The van der Waals surface area contributed by atoms with Gasteiger partial charge in [-0.05, 0) is 6.07 Å². The maximum atomic E-state index is 13.3. The molecule has 1 fully saturated rings. The zero-order chi connectivity index (χ0) is 19.6.